The van der Waals surface area contributed by atoms with Gasteiger partial charge in [-0.1, -0.05) is 137 Å². The first-order valence-electron chi connectivity index (χ1n) is 20.6. The van der Waals surface area contributed by atoms with E-state index in [1.807, 2.05) is 27.2 Å². The molecule has 0 saturated carbocycles. The number of nitrogens with one attached hydrogen (secondary N) is 1. The second-order valence-electron chi connectivity index (χ2n) is 14.6. The standard InChI is InChI=1S/C45H77N2O6P/c1-6-8-10-12-14-16-18-20-22-23-25-27-29-31-33-35-37-39-45(49)46-43(42-53-54(50,51)52-41-40-47(3,4)5)44(48)38-36-34-32-30-28-26-24-21-19-17-15-13-11-9-7-2/h8,10,14,16,19-22,25,27-28,30-31,33,36,38,43-44,48H,6-7,9,11-13,15,17-18,23-24,26,29,32,34-35,37,39-42H2,1-5H3,(H-,46,49,50,51)/b10-8-,16-14-,21-19+,22-20-,27-25-,30-28+,33-31-,38-36+. The maximum atomic E-state index is 12.8. The summed E-state index contributed by atoms with van der Waals surface area (Å²) in [4.78, 5) is 25.2. The van der Waals surface area contributed by atoms with E-state index in [0.29, 0.717) is 23.9 Å². The van der Waals surface area contributed by atoms with E-state index in [9.17, 15) is 19.4 Å². The molecule has 308 valence electrons. The third-order valence-corrected chi connectivity index (χ3v) is 9.22. The first-order valence-corrected chi connectivity index (χ1v) is 22.1. The van der Waals surface area contributed by atoms with E-state index in [1.54, 1.807) is 6.08 Å². The molecule has 0 aliphatic rings. The summed E-state index contributed by atoms with van der Waals surface area (Å²) < 4.78 is 23.1. The summed E-state index contributed by atoms with van der Waals surface area (Å²) in [5.41, 5.74) is 0. The molecular weight excluding hydrogens is 695 g/mol. The number of aliphatic hydroxyl groups is 1. The third-order valence-electron chi connectivity index (χ3n) is 8.26. The van der Waals surface area contributed by atoms with Gasteiger partial charge in [0.2, 0.25) is 5.91 Å². The third kappa shape index (κ3) is 37.7. The quantitative estimate of drug-likeness (QED) is 0.0287. The van der Waals surface area contributed by atoms with Crippen molar-refractivity contribution in [3.05, 3.63) is 97.2 Å². The van der Waals surface area contributed by atoms with Gasteiger partial charge < -0.3 is 28.8 Å². The topological polar surface area (TPSA) is 108 Å². The number of carbonyl (C=O) groups is 1. The lowest BCUT2D eigenvalue weighted by atomic mass is 10.1. The number of aliphatic hydroxyl groups excluding tert-OH is 1. The monoisotopic (exact) mass is 773 g/mol. The number of nitrogens with zero attached hydrogens (tertiary/aromatic N) is 1. The van der Waals surface area contributed by atoms with E-state index < -0.39 is 26.6 Å². The first-order chi connectivity index (χ1) is 26.0. The van der Waals surface area contributed by atoms with Crippen molar-refractivity contribution >= 4 is 13.7 Å². The van der Waals surface area contributed by atoms with Crippen LogP contribution in [0.15, 0.2) is 97.2 Å². The summed E-state index contributed by atoms with van der Waals surface area (Å²) in [6, 6.07) is -0.944. The zero-order chi connectivity index (χ0) is 40.0. The molecule has 1 amide bonds. The van der Waals surface area contributed by atoms with Gasteiger partial charge in [0, 0.05) is 6.42 Å². The smallest absolute Gasteiger partial charge is 0.268 e. The Balaban J connectivity index is 4.70. The van der Waals surface area contributed by atoms with Crippen LogP contribution in [0.3, 0.4) is 0 Å². The number of rotatable bonds is 35. The van der Waals surface area contributed by atoms with Gasteiger partial charge in [0.15, 0.2) is 0 Å². The van der Waals surface area contributed by atoms with Gasteiger partial charge >= 0.3 is 0 Å². The first kappa shape index (κ1) is 51.4. The fourth-order valence-corrected chi connectivity index (χ4v) is 5.70. The van der Waals surface area contributed by atoms with Crippen LogP contribution in [0.25, 0.3) is 0 Å². The summed E-state index contributed by atoms with van der Waals surface area (Å²) >= 11 is 0. The van der Waals surface area contributed by atoms with Crippen molar-refractivity contribution in [2.24, 2.45) is 0 Å². The predicted octanol–water partition coefficient (Wildman–Crippen LogP) is 10.6. The van der Waals surface area contributed by atoms with E-state index in [1.165, 1.54) is 32.1 Å². The Morgan fingerprint density at radius 3 is 1.70 bits per heavy atom. The van der Waals surface area contributed by atoms with Crippen LogP contribution >= 0.6 is 7.82 Å². The van der Waals surface area contributed by atoms with Crippen LogP contribution in [0.4, 0.5) is 0 Å². The van der Waals surface area contributed by atoms with Crippen LogP contribution in [0, 0.1) is 0 Å². The highest BCUT2D eigenvalue weighted by atomic mass is 31.2. The molecule has 54 heavy (non-hydrogen) atoms. The Morgan fingerprint density at radius 2 is 1.15 bits per heavy atom. The number of hydrogen-bond donors (Lipinski definition) is 2. The summed E-state index contributed by atoms with van der Waals surface area (Å²) in [5.74, 6) is -0.274. The van der Waals surface area contributed by atoms with Gasteiger partial charge in [-0.15, -0.1) is 0 Å². The van der Waals surface area contributed by atoms with Crippen molar-refractivity contribution in [2.75, 3.05) is 40.9 Å². The van der Waals surface area contributed by atoms with Gasteiger partial charge in [0.25, 0.3) is 7.82 Å². The molecule has 0 aliphatic carbocycles. The van der Waals surface area contributed by atoms with Gasteiger partial charge in [-0.3, -0.25) is 9.36 Å². The molecule has 0 bridgehead atoms. The van der Waals surface area contributed by atoms with Crippen LogP contribution in [0.1, 0.15) is 129 Å². The Kier molecular flexibility index (Phi) is 34.4. The average Bonchev–Trinajstić information content (AvgIpc) is 3.12. The molecule has 0 rings (SSSR count). The van der Waals surface area contributed by atoms with Gasteiger partial charge in [0.1, 0.15) is 13.2 Å². The number of quaternary nitrogens is 1. The molecule has 9 heteroatoms. The zero-order valence-electron chi connectivity index (χ0n) is 34.6. The second-order valence-corrected chi connectivity index (χ2v) is 16.0. The van der Waals surface area contributed by atoms with Crippen molar-refractivity contribution in [1.82, 2.24) is 5.32 Å². The lowest BCUT2D eigenvalue weighted by Crippen LogP contribution is -2.45. The molecule has 2 N–H and O–H groups in total. The highest BCUT2D eigenvalue weighted by Crippen LogP contribution is 2.38. The Morgan fingerprint density at radius 1 is 0.667 bits per heavy atom. The molecule has 0 spiro atoms. The fraction of sp³-hybridized carbons (Fsp3) is 0.622. The molecule has 3 unspecified atom stereocenters. The van der Waals surface area contributed by atoms with E-state index in [2.05, 4.69) is 104 Å². The molecule has 0 heterocycles. The number of hydrogen-bond acceptors (Lipinski definition) is 6. The summed E-state index contributed by atoms with van der Waals surface area (Å²) in [6.07, 6.45) is 50.3. The zero-order valence-corrected chi connectivity index (χ0v) is 35.5. The number of unbranched alkanes of at least 4 members (excludes halogenated alkanes) is 8. The Bertz CT molecular complexity index is 1190. The average molecular weight is 773 g/mol. The molecule has 0 aromatic rings. The maximum Gasteiger partial charge on any atom is 0.268 e. The van der Waals surface area contributed by atoms with Gasteiger partial charge in [0.05, 0.1) is 39.9 Å². The van der Waals surface area contributed by atoms with Crippen LogP contribution in [-0.2, 0) is 18.4 Å². The molecule has 0 aromatic heterocycles. The molecule has 8 nitrogen and oxygen atoms in total. The SMILES string of the molecule is CC/C=C\C/C=C\C/C=C\C/C=C\C/C=C\CCCC(=O)NC(COP(=O)([O-])OCC[N+](C)(C)C)C(O)/C=C/CC/C=C/CC/C=C/CCCCCCC. The van der Waals surface area contributed by atoms with Gasteiger partial charge in [-0.2, -0.15) is 0 Å². The minimum Gasteiger partial charge on any atom is -0.756 e. The van der Waals surface area contributed by atoms with E-state index in [0.717, 1.165) is 64.2 Å². The largest absolute Gasteiger partial charge is 0.756 e. The minimum atomic E-state index is -4.62. The van der Waals surface area contributed by atoms with Crippen molar-refractivity contribution in [2.45, 2.75) is 142 Å². The number of carbonyl (C=O) groups excluding carboxylic acids is 1. The number of phosphoric ester groups is 1. The lowest BCUT2D eigenvalue weighted by Gasteiger charge is -2.29. The van der Waals surface area contributed by atoms with Gasteiger partial charge in [-0.25, -0.2) is 0 Å². The number of allylic oxidation sites excluding steroid dienone is 15. The Labute approximate surface area is 330 Å². The highest BCUT2D eigenvalue weighted by molar-refractivity contribution is 7.45. The molecule has 3 atom stereocenters. The molecule has 0 fully saturated rings. The second kappa shape index (κ2) is 36.1. The van der Waals surface area contributed by atoms with Crippen LogP contribution < -0.4 is 10.2 Å². The molecule has 0 radical (unpaired) electrons. The lowest BCUT2D eigenvalue weighted by molar-refractivity contribution is -0.870. The van der Waals surface area contributed by atoms with Crippen molar-refractivity contribution in [3.8, 4) is 0 Å². The normalized spacial score (nSPS) is 15.5. The summed E-state index contributed by atoms with van der Waals surface area (Å²) in [7, 11) is 1.18. The van der Waals surface area contributed by atoms with Crippen LogP contribution in [-0.4, -0.2) is 68.5 Å². The summed E-state index contributed by atoms with van der Waals surface area (Å²) in [5, 5.41) is 13.7. The predicted molar refractivity (Wildman–Crippen MR) is 228 cm³/mol. The van der Waals surface area contributed by atoms with Crippen molar-refractivity contribution < 1.29 is 32.9 Å². The summed E-state index contributed by atoms with van der Waals surface area (Å²) in [6.45, 7) is 4.40. The number of amides is 1. The van der Waals surface area contributed by atoms with Crippen LogP contribution in [0.5, 0.6) is 0 Å². The molecule has 0 aromatic carbocycles. The molecular formula is C45H77N2O6P. The van der Waals surface area contributed by atoms with Crippen LogP contribution in [0.2, 0.25) is 0 Å². The van der Waals surface area contributed by atoms with E-state index in [-0.39, 0.29) is 18.9 Å². The molecule has 0 saturated heterocycles. The van der Waals surface area contributed by atoms with E-state index >= 15 is 0 Å². The van der Waals surface area contributed by atoms with Crippen molar-refractivity contribution in [1.29, 1.82) is 0 Å². The van der Waals surface area contributed by atoms with Crippen molar-refractivity contribution in [3.63, 3.8) is 0 Å². The maximum absolute atomic E-state index is 12.8. The minimum absolute atomic E-state index is 0.0253. The van der Waals surface area contributed by atoms with E-state index in [4.69, 9.17) is 9.05 Å². The van der Waals surface area contributed by atoms with Gasteiger partial charge in [-0.05, 0) is 83.5 Å². The molecule has 0 aliphatic heterocycles. The number of likely N-dealkylation sites (N-methyl/N-ethyl adjacent to an activating group) is 1. The number of phosphoric acid groups is 1. The highest BCUT2D eigenvalue weighted by Gasteiger charge is 2.23. The Hall–Kier alpha value is -2.58. The fourth-order valence-electron chi connectivity index (χ4n) is 4.98.